The molecule has 4 heteroatoms. The third-order valence-corrected chi connectivity index (χ3v) is 4.67. The van der Waals surface area contributed by atoms with Crippen LogP contribution in [0.1, 0.15) is 24.8 Å². The van der Waals surface area contributed by atoms with Crippen LogP contribution >= 0.6 is 0 Å². The van der Waals surface area contributed by atoms with Crippen LogP contribution in [0.2, 0.25) is 0 Å². The van der Waals surface area contributed by atoms with Gasteiger partial charge in [-0.05, 0) is 35.6 Å². The Bertz CT molecular complexity index is 672. The molecule has 0 aliphatic carbocycles. The lowest BCUT2D eigenvalue weighted by atomic mass is 10.0. The van der Waals surface area contributed by atoms with Crippen LogP contribution in [0.3, 0.4) is 0 Å². The number of aliphatic hydroxyl groups is 1. The maximum absolute atomic E-state index is 12.6. The number of amides is 1. The van der Waals surface area contributed by atoms with Crippen molar-refractivity contribution in [2.75, 3.05) is 26.3 Å². The second-order valence-corrected chi connectivity index (χ2v) is 6.34. The average molecular weight is 327 g/mol. The summed E-state index contributed by atoms with van der Waals surface area (Å²) in [7, 11) is 0. The first kappa shape index (κ1) is 16.9. The van der Waals surface area contributed by atoms with Gasteiger partial charge >= 0.3 is 0 Å². The van der Waals surface area contributed by atoms with Gasteiger partial charge in [0.1, 0.15) is 0 Å². The van der Waals surface area contributed by atoms with Crippen molar-refractivity contribution in [1.29, 1.82) is 0 Å². The Morgan fingerprint density at radius 2 is 1.88 bits per heavy atom. The molecule has 2 aromatic carbocycles. The fraction of sp³-hybridized carbons (Fsp3) is 0.450. The topological polar surface area (TPSA) is 49.8 Å². The van der Waals surface area contributed by atoms with Crippen molar-refractivity contribution in [2.24, 2.45) is 0 Å². The summed E-state index contributed by atoms with van der Waals surface area (Å²) in [5.41, 5.74) is 1.10. The average Bonchev–Trinajstić information content (AvgIpc) is 2.63. The van der Waals surface area contributed by atoms with Crippen molar-refractivity contribution in [2.45, 2.75) is 31.8 Å². The smallest absolute Gasteiger partial charge is 0.227 e. The number of nitrogens with zero attached hydrogens (tertiary/aromatic N) is 1. The van der Waals surface area contributed by atoms with Crippen LogP contribution in [0.25, 0.3) is 10.8 Å². The molecule has 0 aromatic heterocycles. The van der Waals surface area contributed by atoms with Crippen molar-refractivity contribution in [1.82, 2.24) is 4.90 Å². The van der Waals surface area contributed by atoms with E-state index in [4.69, 9.17) is 9.84 Å². The first-order valence-corrected chi connectivity index (χ1v) is 8.75. The maximum Gasteiger partial charge on any atom is 0.227 e. The van der Waals surface area contributed by atoms with E-state index in [1.165, 1.54) is 5.39 Å². The van der Waals surface area contributed by atoms with E-state index in [1.54, 1.807) is 0 Å². The van der Waals surface area contributed by atoms with Crippen molar-refractivity contribution in [3.05, 3.63) is 48.0 Å². The van der Waals surface area contributed by atoms with Crippen LogP contribution in [-0.2, 0) is 16.0 Å². The highest BCUT2D eigenvalue weighted by Gasteiger charge is 2.23. The fourth-order valence-corrected chi connectivity index (χ4v) is 3.31. The third-order valence-electron chi connectivity index (χ3n) is 4.67. The molecule has 0 saturated carbocycles. The molecular formula is C20H25NO3. The number of benzene rings is 2. The van der Waals surface area contributed by atoms with Gasteiger partial charge in [-0.25, -0.2) is 0 Å². The van der Waals surface area contributed by atoms with Crippen LogP contribution in [-0.4, -0.2) is 48.3 Å². The number of carbonyl (C=O) groups excluding carboxylic acids is 1. The zero-order valence-electron chi connectivity index (χ0n) is 14.0. The number of hydrogen-bond acceptors (Lipinski definition) is 3. The molecule has 0 bridgehead atoms. The van der Waals surface area contributed by atoms with E-state index in [1.807, 2.05) is 29.2 Å². The van der Waals surface area contributed by atoms with Crippen molar-refractivity contribution in [3.8, 4) is 0 Å². The molecular weight excluding hydrogens is 302 g/mol. The summed E-state index contributed by atoms with van der Waals surface area (Å²) < 4.78 is 5.73. The molecule has 1 N–H and O–H groups in total. The van der Waals surface area contributed by atoms with Gasteiger partial charge in [0.05, 0.1) is 12.5 Å². The van der Waals surface area contributed by atoms with Gasteiger partial charge in [-0.15, -0.1) is 0 Å². The molecule has 24 heavy (non-hydrogen) atoms. The molecule has 1 fully saturated rings. The highest BCUT2D eigenvalue weighted by Crippen LogP contribution is 2.21. The summed E-state index contributed by atoms with van der Waals surface area (Å²) in [5, 5.41) is 11.1. The van der Waals surface area contributed by atoms with Gasteiger partial charge in [-0.3, -0.25) is 4.79 Å². The molecule has 4 nitrogen and oxygen atoms in total. The molecule has 3 rings (SSSR count). The van der Waals surface area contributed by atoms with Gasteiger partial charge in [0, 0.05) is 26.3 Å². The van der Waals surface area contributed by atoms with Gasteiger partial charge in [-0.1, -0.05) is 42.5 Å². The van der Waals surface area contributed by atoms with Crippen LogP contribution < -0.4 is 0 Å². The minimum atomic E-state index is 0.169. The largest absolute Gasteiger partial charge is 0.396 e. The number of piperidine rings is 1. The molecule has 1 aliphatic rings. The molecule has 2 aromatic rings. The van der Waals surface area contributed by atoms with Gasteiger partial charge in [0.2, 0.25) is 5.91 Å². The molecule has 1 heterocycles. The van der Waals surface area contributed by atoms with E-state index in [-0.39, 0.29) is 18.6 Å². The van der Waals surface area contributed by atoms with Crippen LogP contribution in [0.5, 0.6) is 0 Å². The summed E-state index contributed by atoms with van der Waals surface area (Å²) in [5.74, 6) is 0.195. The minimum absolute atomic E-state index is 0.169. The molecule has 1 amide bonds. The van der Waals surface area contributed by atoms with Crippen LogP contribution in [0.15, 0.2) is 42.5 Å². The Morgan fingerprint density at radius 3 is 2.67 bits per heavy atom. The standard InChI is InChI=1S/C20H25NO3/c22-13-4-14-24-18-9-11-21(12-10-18)20(23)15-17-7-3-6-16-5-1-2-8-19(16)17/h1-3,5-8,18,22H,4,9-15H2. The third kappa shape index (κ3) is 4.13. The predicted octanol–water partition coefficient (Wildman–Crippen LogP) is 2.77. The highest BCUT2D eigenvalue weighted by atomic mass is 16.5. The number of ether oxygens (including phenoxy) is 1. The highest BCUT2D eigenvalue weighted by molar-refractivity contribution is 5.90. The zero-order valence-corrected chi connectivity index (χ0v) is 14.0. The molecule has 1 aliphatic heterocycles. The number of likely N-dealkylation sites (tertiary alicyclic amines) is 1. The quantitative estimate of drug-likeness (QED) is 0.830. The van der Waals surface area contributed by atoms with Crippen LogP contribution in [0.4, 0.5) is 0 Å². The van der Waals surface area contributed by atoms with E-state index < -0.39 is 0 Å². The lowest BCUT2D eigenvalue weighted by molar-refractivity contribution is -0.133. The summed E-state index contributed by atoms with van der Waals surface area (Å²) in [6, 6.07) is 14.4. The lowest BCUT2D eigenvalue weighted by Crippen LogP contribution is -2.41. The number of hydrogen-bond donors (Lipinski definition) is 1. The molecule has 0 unspecified atom stereocenters. The summed E-state index contributed by atoms with van der Waals surface area (Å²) in [6.45, 7) is 2.29. The van der Waals surface area contributed by atoms with Gasteiger partial charge < -0.3 is 14.7 Å². The Kier molecular flexibility index (Phi) is 5.83. The predicted molar refractivity (Wildman–Crippen MR) is 94.9 cm³/mol. The first-order chi connectivity index (χ1) is 11.8. The lowest BCUT2D eigenvalue weighted by Gasteiger charge is -2.32. The first-order valence-electron chi connectivity index (χ1n) is 8.75. The van der Waals surface area contributed by atoms with E-state index in [0.717, 1.165) is 36.9 Å². The Balaban J connectivity index is 1.56. The molecule has 1 saturated heterocycles. The SMILES string of the molecule is O=C(Cc1cccc2ccccc12)N1CCC(OCCCO)CC1. The second kappa shape index (κ2) is 8.27. The van der Waals surface area contributed by atoms with Gasteiger partial charge in [-0.2, -0.15) is 0 Å². The summed E-state index contributed by atoms with van der Waals surface area (Å²) in [6.07, 6.45) is 3.12. The van der Waals surface area contributed by atoms with Crippen molar-refractivity contribution < 1.29 is 14.6 Å². The van der Waals surface area contributed by atoms with E-state index in [2.05, 4.69) is 18.2 Å². The number of fused-ring (bicyclic) bond motifs is 1. The van der Waals surface area contributed by atoms with Gasteiger partial charge in [0.25, 0.3) is 0 Å². The molecule has 0 radical (unpaired) electrons. The fourth-order valence-electron chi connectivity index (χ4n) is 3.31. The monoisotopic (exact) mass is 327 g/mol. The maximum atomic E-state index is 12.6. The Morgan fingerprint density at radius 1 is 1.12 bits per heavy atom. The molecule has 0 atom stereocenters. The number of rotatable bonds is 6. The van der Waals surface area contributed by atoms with E-state index in [9.17, 15) is 4.79 Å². The normalized spacial score (nSPS) is 15.8. The molecule has 0 spiro atoms. The Labute approximate surface area is 143 Å². The summed E-state index contributed by atoms with van der Waals surface area (Å²) >= 11 is 0. The zero-order chi connectivity index (χ0) is 16.8. The van der Waals surface area contributed by atoms with Gasteiger partial charge in [0.15, 0.2) is 0 Å². The second-order valence-electron chi connectivity index (χ2n) is 6.34. The number of aliphatic hydroxyl groups excluding tert-OH is 1. The van der Waals surface area contributed by atoms with Crippen molar-refractivity contribution in [3.63, 3.8) is 0 Å². The van der Waals surface area contributed by atoms with E-state index in [0.29, 0.717) is 19.4 Å². The summed E-state index contributed by atoms with van der Waals surface area (Å²) in [4.78, 5) is 14.6. The molecule has 128 valence electrons. The van der Waals surface area contributed by atoms with Crippen LogP contribution in [0, 0.1) is 0 Å². The number of carbonyl (C=O) groups is 1. The van der Waals surface area contributed by atoms with E-state index >= 15 is 0 Å². The minimum Gasteiger partial charge on any atom is -0.396 e. The van der Waals surface area contributed by atoms with Crippen molar-refractivity contribution >= 4 is 16.7 Å². The Hall–Kier alpha value is -1.91.